The number of carbonyl (C=O) groups is 2. The van der Waals surface area contributed by atoms with E-state index in [2.05, 4.69) is 15.8 Å². The maximum atomic E-state index is 13.0. The highest BCUT2D eigenvalue weighted by Crippen LogP contribution is 2.24. The van der Waals surface area contributed by atoms with Gasteiger partial charge >= 0.3 is 0 Å². The second-order valence-corrected chi connectivity index (χ2v) is 7.29. The molecule has 2 N–H and O–H groups in total. The van der Waals surface area contributed by atoms with Crippen LogP contribution in [-0.2, 0) is 6.54 Å². The Morgan fingerprint density at radius 1 is 0.882 bits per heavy atom. The smallest absolute Gasteiger partial charge is 0.271 e. The minimum absolute atomic E-state index is 0.0515. The summed E-state index contributed by atoms with van der Waals surface area (Å²) in [6.07, 6.45) is 0. The van der Waals surface area contributed by atoms with Crippen LogP contribution in [0.25, 0.3) is 11.0 Å². The topological polar surface area (TPSA) is 102 Å². The van der Waals surface area contributed by atoms with Crippen LogP contribution in [-0.4, -0.2) is 26.0 Å². The Bertz CT molecular complexity index is 1380. The second kappa shape index (κ2) is 10.4. The van der Waals surface area contributed by atoms with Crippen molar-refractivity contribution in [3.05, 3.63) is 101 Å². The second-order valence-electron chi connectivity index (χ2n) is 7.29. The van der Waals surface area contributed by atoms with Crippen LogP contribution in [0.3, 0.4) is 0 Å². The molecule has 0 aliphatic heterocycles. The molecule has 1 heterocycles. The summed E-state index contributed by atoms with van der Waals surface area (Å²) in [6.45, 7) is 0.327. The third-order valence-electron chi connectivity index (χ3n) is 5.11. The number of carbonyl (C=O) groups excluding carboxylic acids is 2. The largest absolute Gasteiger partial charge is 0.497 e. The monoisotopic (exact) mass is 457 g/mol. The standard InChI is InChI=1S/C26H23N3O5/c1-32-20-13-11-18(12-14-20)24(30)28-29-26-21(25(31)27-16-17-7-4-3-5-8-17)15-19-9-6-10-22(33-2)23(19)34-26/h3-15H,16H2,1-2H3,(H,27,31)(H,28,30)/b29-26-. The number of para-hydroxylation sites is 1. The van der Waals surface area contributed by atoms with Gasteiger partial charge in [-0.15, -0.1) is 5.10 Å². The van der Waals surface area contributed by atoms with Crippen molar-refractivity contribution in [1.29, 1.82) is 0 Å². The molecule has 0 aliphatic rings. The van der Waals surface area contributed by atoms with Crippen molar-refractivity contribution in [1.82, 2.24) is 10.7 Å². The molecule has 0 atom stereocenters. The average molecular weight is 457 g/mol. The predicted octanol–water partition coefficient (Wildman–Crippen LogP) is 3.63. The molecule has 0 aliphatic carbocycles. The number of ether oxygens (including phenoxy) is 2. The maximum absolute atomic E-state index is 13.0. The molecule has 0 radical (unpaired) electrons. The van der Waals surface area contributed by atoms with E-state index in [-0.39, 0.29) is 11.1 Å². The number of nitrogens with zero attached hydrogens (tertiary/aromatic N) is 1. The van der Waals surface area contributed by atoms with Crippen LogP contribution in [0.1, 0.15) is 26.3 Å². The zero-order valence-corrected chi connectivity index (χ0v) is 18.7. The number of nitrogens with one attached hydrogen (secondary N) is 2. The van der Waals surface area contributed by atoms with Crippen LogP contribution in [0.4, 0.5) is 0 Å². The fourth-order valence-corrected chi connectivity index (χ4v) is 3.31. The minimum atomic E-state index is -0.464. The maximum Gasteiger partial charge on any atom is 0.271 e. The number of amides is 2. The Labute approximate surface area is 195 Å². The van der Waals surface area contributed by atoms with Gasteiger partial charge in [0.1, 0.15) is 11.3 Å². The molecule has 4 rings (SSSR count). The van der Waals surface area contributed by atoms with E-state index in [9.17, 15) is 9.59 Å². The lowest BCUT2D eigenvalue weighted by Gasteiger charge is -2.09. The molecule has 0 saturated carbocycles. The summed E-state index contributed by atoms with van der Waals surface area (Å²) in [6, 6.07) is 23.1. The highest BCUT2D eigenvalue weighted by molar-refractivity contribution is 5.97. The first-order valence-electron chi connectivity index (χ1n) is 10.5. The van der Waals surface area contributed by atoms with Gasteiger partial charge in [-0.1, -0.05) is 42.5 Å². The molecule has 2 amide bonds. The van der Waals surface area contributed by atoms with Crippen molar-refractivity contribution in [2.24, 2.45) is 5.10 Å². The molecule has 0 spiro atoms. The molecule has 0 unspecified atom stereocenters. The van der Waals surface area contributed by atoms with E-state index in [4.69, 9.17) is 13.9 Å². The van der Waals surface area contributed by atoms with Crippen LogP contribution >= 0.6 is 0 Å². The van der Waals surface area contributed by atoms with Gasteiger partial charge in [0.2, 0.25) is 5.55 Å². The first-order valence-corrected chi connectivity index (χ1v) is 10.5. The van der Waals surface area contributed by atoms with Gasteiger partial charge in [0.25, 0.3) is 11.8 Å². The van der Waals surface area contributed by atoms with Gasteiger partial charge < -0.3 is 19.2 Å². The number of rotatable bonds is 7. The van der Waals surface area contributed by atoms with E-state index in [1.807, 2.05) is 30.3 Å². The Balaban J connectivity index is 1.68. The van der Waals surface area contributed by atoms with Crippen LogP contribution in [0.15, 0.2) is 88.4 Å². The minimum Gasteiger partial charge on any atom is -0.497 e. The first kappa shape index (κ1) is 22.6. The van der Waals surface area contributed by atoms with Crippen molar-refractivity contribution < 1.29 is 23.5 Å². The van der Waals surface area contributed by atoms with E-state index in [1.165, 1.54) is 7.11 Å². The zero-order chi connectivity index (χ0) is 23.9. The number of fused-ring (bicyclic) bond motifs is 1. The van der Waals surface area contributed by atoms with Gasteiger partial charge in [-0.2, -0.15) is 0 Å². The number of hydrogen-bond donors (Lipinski definition) is 2. The number of benzene rings is 3. The van der Waals surface area contributed by atoms with Crippen molar-refractivity contribution in [3.8, 4) is 11.5 Å². The van der Waals surface area contributed by atoms with Crippen molar-refractivity contribution in [3.63, 3.8) is 0 Å². The number of hydrogen-bond acceptors (Lipinski definition) is 6. The van der Waals surface area contributed by atoms with Gasteiger partial charge in [0, 0.05) is 17.5 Å². The van der Waals surface area contributed by atoms with Crippen molar-refractivity contribution in [2.75, 3.05) is 14.2 Å². The van der Waals surface area contributed by atoms with E-state index in [0.717, 1.165) is 5.56 Å². The summed E-state index contributed by atoms with van der Waals surface area (Å²) in [7, 11) is 3.07. The fourth-order valence-electron chi connectivity index (χ4n) is 3.31. The van der Waals surface area contributed by atoms with E-state index < -0.39 is 11.8 Å². The molecule has 8 nitrogen and oxygen atoms in total. The van der Waals surface area contributed by atoms with Gasteiger partial charge in [-0.05, 0) is 42.0 Å². The average Bonchev–Trinajstić information content (AvgIpc) is 2.90. The van der Waals surface area contributed by atoms with E-state index >= 15 is 0 Å². The summed E-state index contributed by atoms with van der Waals surface area (Å²) in [5.41, 5.74) is 4.30. The molecular weight excluding hydrogens is 434 g/mol. The quantitative estimate of drug-likeness (QED) is 0.413. The molecule has 172 valence electrons. The summed E-state index contributed by atoms with van der Waals surface area (Å²) < 4.78 is 16.4. The normalized spacial score (nSPS) is 11.2. The highest BCUT2D eigenvalue weighted by Gasteiger charge is 2.15. The molecule has 8 heteroatoms. The lowest BCUT2D eigenvalue weighted by Crippen LogP contribution is -2.30. The fraction of sp³-hybridized carbons (Fsp3) is 0.115. The lowest BCUT2D eigenvalue weighted by molar-refractivity contribution is 0.0932. The highest BCUT2D eigenvalue weighted by atomic mass is 16.5. The Hall–Kier alpha value is -4.59. The summed E-state index contributed by atoms with van der Waals surface area (Å²) in [4.78, 5) is 25.6. The third kappa shape index (κ3) is 5.07. The van der Waals surface area contributed by atoms with Crippen LogP contribution < -0.4 is 25.8 Å². The van der Waals surface area contributed by atoms with Crippen molar-refractivity contribution in [2.45, 2.75) is 6.54 Å². The Morgan fingerprint density at radius 3 is 2.35 bits per heavy atom. The number of methoxy groups -OCH3 is 2. The SMILES string of the molecule is COc1ccc(C(=O)N/N=c2\oc3c(OC)cccc3cc2C(=O)NCc2ccccc2)cc1. The molecule has 1 aromatic heterocycles. The van der Waals surface area contributed by atoms with Gasteiger partial charge in [-0.3, -0.25) is 9.59 Å². The molecule has 0 bridgehead atoms. The van der Waals surface area contributed by atoms with Crippen molar-refractivity contribution >= 4 is 22.8 Å². The van der Waals surface area contributed by atoms with Crippen LogP contribution in [0.5, 0.6) is 11.5 Å². The molecular formula is C26H23N3O5. The van der Waals surface area contributed by atoms with Crippen LogP contribution in [0, 0.1) is 0 Å². The van der Waals surface area contributed by atoms with E-state index in [1.54, 1.807) is 55.6 Å². The van der Waals surface area contributed by atoms with Crippen LogP contribution in [0.2, 0.25) is 0 Å². The molecule has 0 fully saturated rings. The Morgan fingerprint density at radius 2 is 1.65 bits per heavy atom. The summed E-state index contributed by atoms with van der Waals surface area (Å²) in [5.74, 6) is 0.248. The van der Waals surface area contributed by atoms with Gasteiger partial charge in [-0.25, -0.2) is 5.43 Å². The third-order valence-corrected chi connectivity index (χ3v) is 5.11. The molecule has 4 aromatic rings. The first-order chi connectivity index (χ1) is 16.6. The Kier molecular flexibility index (Phi) is 6.88. The van der Waals surface area contributed by atoms with Gasteiger partial charge in [0.05, 0.1) is 14.2 Å². The van der Waals surface area contributed by atoms with E-state index in [0.29, 0.717) is 34.6 Å². The molecule has 3 aromatic carbocycles. The lowest BCUT2D eigenvalue weighted by atomic mass is 10.1. The predicted molar refractivity (Wildman–Crippen MR) is 126 cm³/mol. The summed E-state index contributed by atoms with van der Waals surface area (Å²) >= 11 is 0. The molecule has 0 saturated heterocycles. The summed E-state index contributed by atoms with van der Waals surface area (Å²) in [5, 5.41) is 7.63. The molecule has 34 heavy (non-hydrogen) atoms. The zero-order valence-electron chi connectivity index (χ0n) is 18.7. The van der Waals surface area contributed by atoms with Gasteiger partial charge in [0.15, 0.2) is 11.3 Å².